The number of carbonyl (C=O) groups is 2. The van der Waals surface area contributed by atoms with Gasteiger partial charge in [-0.2, -0.15) is 0 Å². The lowest BCUT2D eigenvalue weighted by atomic mass is 10.1. The minimum absolute atomic E-state index is 0.00195. The number of carbonyl (C=O) groups excluding carboxylic acids is 1. The van der Waals surface area contributed by atoms with Crippen LogP contribution in [0.2, 0.25) is 0 Å². The molecule has 26 heavy (non-hydrogen) atoms. The summed E-state index contributed by atoms with van der Waals surface area (Å²) in [6.45, 7) is 2.04. The third kappa shape index (κ3) is 5.51. The molecule has 0 unspecified atom stereocenters. The predicted octanol–water partition coefficient (Wildman–Crippen LogP) is 2.67. The van der Waals surface area contributed by atoms with Crippen molar-refractivity contribution in [1.82, 2.24) is 4.90 Å². The summed E-state index contributed by atoms with van der Waals surface area (Å²) in [6, 6.07) is 12.8. The van der Waals surface area contributed by atoms with E-state index in [9.17, 15) is 9.59 Å². The van der Waals surface area contributed by atoms with Crippen molar-refractivity contribution in [3.8, 4) is 11.5 Å². The number of hydrogen-bond acceptors (Lipinski definition) is 4. The molecule has 0 aliphatic rings. The van der Waals surface area contributed by atoms with E-state index in [-0.39, 0.29) is 12.5 Å². The number of nitrogens with zero attached hydrogens (tertiary/aromatic N) is 1. The van der Waals surface area contributed by atoms with Gasteiger partial charge in [0, 0.05) is 13.6 Å². The summed E-state index contributed by atoms with van der Waals surface area (Å²) in [5, 5.41) is 8.60. The van der Waals surface area contributed by atoms with Crippen LogP contribution >= 0.6 is 0 Å². The highest BCUT2D eigenvalue weighted by Crippen LogP contribution is 2.20. The van der Waals surface area contributed by atoms with Gasteiger partial charge in [-0.05, 0) is 41.8 Å². The van der Waals surface area contributed by atoms with Gasteiger partial charge in [0.1, 0.15) is 11.5 Å². The molecule has 0 atom stereocenters. The van der Waals surface area contributed by atoms with Gasteiger partial charge >= 0.3 is 5.97 Å². The van der Waals surface area contributed by atoms with Gasteiger partial charge in [-0.15, -0.1) is 0 Å². The minimum Gasteiger partial charge on any atom is -0.496 e. The molecule has 2 aromatic carbocycles. The van der Waals surface area contributed by atoms with Crippen LogP contribution in [0.3, 0.4) is 0 Å². The first-order chi connectivity index (χ1) is 12.4. The molecule has 6 nitrogen and oxygen atoms in total. The van der Waals surface area contributed by atoms with E-state index >= 15 is 0 Å². The Morgan fingerprint density at radius 1 is 1.08 bits per heavy atom. The van der Waals surface area contributed by atoms with Gasteiger partial charge in [0.05, 0.1) is 13.5 Å². The molecular weight excluding hydrogens is 334 g/mol. The van der Waals surface area contributed by atoms with E-state index in [2.05, 4.69) is 0 Å². The van der Waals surface area contributed by atoms with Crippen LogP contribution in [0.5, 0.6) is 11.5 Å². The topological polar surface area (TPSA) is 76.1 Å². The lowest BCUT2D eigenvalue weighted by Crippen LogP contribution is -2.27. The summed E-state index contributed by atoms with van der Waals surface area (Å²) < 4.78 is 10.4. The van der Waals surface area contributed by atoms with Crippen LogP contribution in [0.15, 0.2) is 42.5 Å². The molecule has 0 aliphatic heterocycles. The summed E-state index contributed by atoms with van der Waals surface area (Å²) in [5.41, 5.74) is 2.87. The minimum atomic E-state index is -1.02. The number of likely N-dealkylation sites (N-methyl/N-ethyl adjacent to an activating group) is 1. The lowest BCUT2D eigenvalue weighted by molar-refractivity contribution is -0.139. The second kappa shape index (κ2) is 8.89. The first-order valence-corrected chi connectivity index (χ1v) is 8.20. The van der Waals surface area contributed by atoms with Crippen LogP contribution in [0.1, 0.15) is 16.7 Å². The molecule has 0 radical (unpaired) electrons. The standard InChI is InChI=1S/C20H23NO5/c1-14-4-5-16(10-18(14)25-3)11-19(22)21(2)12-15-6-8-17(9-7-15)26-13-20(23)24/h4-10H,11-13H2,1-3H3,(H,23,24). The Bertz CT molecular complexity index is 770. The summed E-state index contributed by atoms with van der Waals surface area (Å²) in [4.78, 5) is 24.6. The molecule has 6 heteroatoms. The molecule has 0 saturated heterocycles. The number of benzene rings is 2. The van der Waals surface area contributed by atoms with Crippen molar-refractivity contribution in [1.29, 1.82) is 0 Å². The molecule has 0 bridgehead atoms. The zero-order valence-corrected chi connectivity index (χ0v) is 15.2. The van der Waals surface area contributed by atoms with Crippen molar-refractivity contribution in [2.75, 3.05) is 20.8 Å². The molecule has 2 rings (SSSR count). The molecular formula is C20H23NO5. The van der Waals surface area contributed by atoms with E-state index < -0.39 is 5.97 Å². The van der Waals surface area contributed by atoms with Crippen molar-refractivity contribution in [3.05, 3.63) is 59.2 Å². The van der Waals surface area contributed by atoms with E-state index in [0.717, 1.165) is 22.4 Å². The number of aliphatic carboxylic acids is 1. The molecule has 0 aliphatic carbocycles. The third-order valence-corrected chi connectivity index (χ3v) is 3.96. The van der Waals surface area contributed by atoms with Gasteiger partial charge in [-0.1, -0.05) is 24.3 Å². The largest absolute Gasteiger partial charge is 0.496 e. The van der Waals surface area contributed by atoms with E-state index in [1.54, 1.807) is 31.2 Å². The summed E-state index contributed by atoms with van der Waals surface area (Å²) in [6.07, 6.45) is 0.299. The number of methoxy groups -OCH3 is 1. The average molecular weight is 357 g/mol. The number of rotatable bonds is 8. The molecule has 138 valence electrons. The van der Waals surface area contributed by atoms with E-state index in [0.29, 0.717) is 18.7 Å². The zero-order valence-electron chi connectivity index (χ0n) is 15.2. The van der Waals surface area contributed by atoms with Crippen molar-refractivity contribution < 1.29 is 24.2 Å². The smallest absolute Gasteiger partial charge is 0.341 e. The molecule has 1 N–H and O–H groups in total. The summed E-state index contributed by atoms with van der Waals surface area (Å²) >= 11 is 0. The number of ether oxygens (including phenoxy) is 2. The maximum atomic E-state index is 12.4. The number of aryl methyl sites for hydroxylation is 1. The Hall–Kier alpha value is -3.02. The van der Waals surface area contributed by atoms with E-state index in [4.69, 9.17) is 14.6 Å². The van der Waals surface area contributed by atoms with Crippen LogP contribution in [0.4, 0.5) is 0 Å². The second-order valence-corrected chi connectivity index (χ2v) is 6.06. The van der Waals surface area contributed by atoms with Crippen molar-refractivity contribution in [2.24, 2.45) is 0 Å². The Morgan fingerprint density at radius 3 is 2.35 bits per heavy atom. The molecule has 0 spiro atoms. The van der Waals surface area contributed by atoms with Crippen molar-refractivity contribution >= 4 is 11.9 Å². The van der Waals surface area contributed by atoms with Gasteiger partial charge in [0.2, 0.25) is 5.91 Å². The number of amides is 1. The first-order valence-electron chi connectivity index (χ1n) is 8.20. The number of hydrogen-bond donors (Lipinski definition) is 1. The Labute approximate surface area is 153 Å². The van der Waals surface area contributed by atoms with Gasteiger partial charge in [0.25, 0.3) is 0 Å². The Morgan fingerprint density at radius 2 is 1.73 bits per heavy atom. The molecule has 0 heterocycles. The fourth-order valence-electron chi connectivity index (χ4n) is 2.48. The maximum Gasteiger partial charge on any atom is 0.341 e. The van der Waals surface area contributed by atoms with Gasteiger partial charge in [-0.25, -0.2) is 4.79 Å². The van der Waals surface area contributed by atoms with Crippen molar-refractivity contribution in [2.45, 2.75) is 19.9 Å². The average Bonchev–Trinajstić information content (AvgIpc) is 2.62. The van der Waals surface area contributed by atoms with Crippen molar-refractivity contribution in [3.63, 3.8) is 0 Å². The zero-order chi connectivity index (χ0) is 19.1. The molecule has 0 saturated carbocycles. The quantitative estimate of drug-likeness (QED) is 0.786. The fourth-order valence-corrected chi connectivity index (χ4v) is 2.48. The predicted molar refractivity (Wildman–Crippen MR) is 97.5 cm³/mol. The number of carboxylic acids is 1. The fraction of sp³-hybridized carbons (Fsp3) is 0.300. The highest BCUT2D eigenvalue weighted by atomic mass is 16.5. The summed E-state index contributed by atoms with van der Waals surface area (Å²) in [7, 11) is 3.37. The highest BCUT2D eigenvalue weighted by molar-refractivity contribution is 5.78. The molecule has 0 fully saturated rings. The SMILES string of the molecule is COc1cc(CC(=O)N(C)Cc2ccc(OCC(=O)O)cc2)ccc1C. The monoisotopic (exact) mass is 357 g/mol. The van der Waals surface area contributed by atoms with Crippen LogP contribution in [0, 0.1) is 6.92 Å². The lowest BCUT2D eigenvalue weighted by Gasteiger charge is -2.18. The van der Waals surface area contributed by atoms with E-state index in [1.807, 2.05) is 37.3 Å². The summed E-state index contributed by atoms with van der Waals surface area (Å²) in [5.74, 6) is 0.237. The van der Waals surface area contributed by atoms with Crippen LogP contribution in [0.25, 0.3) is 0 Å². The van der Waals surface area contributed by atoms with Gasteiger partial charge < -0.3 is 19.5 Å². The normalized spacial score (nSPS) is 10.3. The second-order valence-electron chi connectivity index (χ2n) is 6.06. The Balaban J connectivity index is 1.93. The van der Waals surface area contributed by atoms with Crippen LogP contribution in [-0.2, 0) is 22.6 Å². The van der Waals surface area contributed by atoms with Gasteiger partial charge in [0.15, 0.2) is 6.61 Å². The highest BCUT2D eigenvalue weighted by Gasteiger charge is 2.12. The van der Waals surface area contributed by atoms with Crippen LogP contribution in [-0.4, -0.2) is 42.6 Å². The Kier molecular flexibility index (Phi) is 6.60. The van der Waals surface area contributed by atoms with E-state index in [1.165, 1.54) is 0 Å². The van der Waals surface area contributed by atoms with Gasteiger partial charge in [-0.3, -0.25) is 4.79 Å². The first kappa shape index (κ1) is 19.3. The molecule has 1 amide bonds. The number of carboxylic acid groups (broad SMARTS) is 1. The van der Waals surface area contributed by atoms with Crippen LogP contribution < -0.4 is 9.47 Å². The molecule has 2 aromatic rings. The molecule has 0 aromatic heterocycles. The third-order valence-electron chi connectivity index (χ3n) is 3.96. The maximum absolute atomic E-state index is 12.4.